The number of benzene rings is 2. The van der Waals surface area contributed by atoms with Gasteiger partial charge in [-0.25, -0.2) is 4.68 Å². The van der Waals surface area contributed by atoms with Gasteiger partial charge in [0.25, 0.3) is 5.91 Å². The summed E-state index contributed by atoms with van der Waals surface area (Å²) in [4.78, 5) is 15.0. The average Bonchev–Trinajstić information content (AvgIpc) is 3.37. The quantitative estimate of drug-likeness (QED) is 0.504. The summed E-state index contributed by atoms with van der Waals surface area (Å²) >= 11 is 0. The molecule has 0 bridgehead atoms. The molecule has 0 radical (unpaired) electrons. The normalized spacial score (nSPS) is 16.7. The molecule has 31 heavy (non-hydrogen) atoms. The number of hydrogen-bond donors (Lipinski definition) is 0. The van der Waals surface area contributed by atoms with E-state index in [9.17, 15) is 4.79 Å². The standard InChI is InChI=1S/C22H22N6O3/c1-13-20(14(2)31-24-13)17-6-4-16-11-18(7-5-15(16)10-17)22(29)28-8-9-30-19(12-28)21-23-25-26-27(21)3/h4-7,10-11,19H,8-9,12H2,1-3H3. The van der Waals surface area contributed by atoms with E-state index in [1.165, 1.54) is 0 Å². The van der Waals surface area contributed by atoms with Gasteiger partial charge in [-0.05, 0) is 58.8 Å². The Morgan fingerprint density at radius 2 is 1.94 bits per heavy atom. The summed E-state index contributed by atoms with van der Waals surface area (Å²) in [6.45, 7) is 5.23. The van der Waals surface area contributed by atoms with E-state index >= 15 is 0 Å². The fraction of sp³-hybridized carbons (Fsp3) is 0.318. The highest BCUT2D eigenvalue weighted by atomic mass is 16.5. The van der Waals surface area contributed by atoms with E-state index < -0.39 is 0 Å². The van der Waals surface area contributed by atoms with Crippen molar-refractivity contribution in [3.63, 3.8) is 0 Å². The second kappa shape index (κ2) is 7.59. The molecule has 0 saturated carbocycles. The SMILES string of the molecule is Cc1noc(C)c1-c1ccc2cc(C(=O)N3CCOC(c4nnnn4C)C3)ccc2c1. The highest BCUT2D eigenvalue weighted by Gasteiger charge is 2.29. The van der Waals surface area contributed by atoms with Crippen molar-refractivity contribution in [2.24, 2.45) is 7.05 Å². The molecule has 158 valence electrons. The predicted molar refractivity (Wildman–Crippen MR) is 112 cm³/mol. The largest absolute Gasteiger partial charge is 0.366 e. The first-order valence-electron chi connectivity index (χ1n) is 10.1. The fourth-order valence-electron chi connectivity index (χ4n) is 4.11. The van der Waals surface area contributed by atoms with Crippen LogP contribution in [-0.2, 0) is 11.8 Å². The smallest absolute Gasteiger partial charge is 0.254 e. The van der Waals surface area contributed by atoms with Crippen LogP contribution in [0.4, 0.5) is 0 Å². The summed E-state index contributed by atoms with van der Waals surface area (Å²) in [6, 6.07) is 12.0. The number of amides is 1. The van der Waals surface area contributed by atoms with E-state index in [0.717, 1.165) is 33.4 Å². The number of ether oxygens (including phenoxy) is 1. The number of rotatable bonds is 3. The van der Waals surface area contributed by atoms with Crippen LogP contribution in [0, 0.1) is 13.8 Å². The minimum atomic E-state index is -0.337. The minimum Gasteiger partial charge on any atom is -0.366 e. The Hall–Kier alpha value is -3.59. The predicted octanol–water partition coefficient (Wildman–Crippen LogP) is 2.85. The van der Waals surface area contributed by atoms with Gasteiger partial charge in [-0.1, -0.05) is 23.4 Å². The molecule has 0 aliphatic carbocycles. The third-order valence-corrected chi connectivity index (χ3v) is 5.70. The lowest BCUT2D eigenvalue weighted by molar-refractivity contribution is -0.0284. The van der Waals surface area contributed by atoms with Gasteiger partial charge >= 0.3 is 0 Å². The van der Waals surface area contributed by atoms with E-state index in [4.69, 9.17) is 9.26 Å². The van der Waals surface area contributed by atoms with Crippen molar-refractivity contribution in [1.82, 2.24) is 30.3 Å². The lowest BCUT2D eigenvalue weighted by Crippen LogP contribution is -2.42. The van der Waals surface area contributed by atoms with Gasteiger partial charge in [-0.3, -0.25) is 4.79 Å². The van der Waals surface area contributed by atoms with Gasteiger partial charge < -0.3 is 14.2 Å². The number of carbonyl (C=O) groups excluding carboxylic acids is 1. The Morgan fingerprint density at radius 3 is 2.68 bits per heavy atom. The molecule has 1 saturated heterocycles. The first-order valence-corrected chi connectivity index (χ1v) is 10.1. The maximum atomic E-state index is 13.2. The Kier molecular flexibility index (Phi) is 4.74. The number of tetrazole rings is 1. The number of fused-ring (bicyclic) bond motifs is 1. The molecule has 1 amide bonds. The van der Waals surface area contributed by atoms with Crippen molar-refractivity contribution in [3.05, 3.63) is 59.2 Å². The van der Waals surface area contributed by atoms with Crippen molar-refractivity contribution in [1.29, 1.82) is 0 Å². The number of aryl methyl sites for hydroxylation is 3. The molecule has 2 aromatic heterocycles. The molecule has 0 spiro atoms. The number of morpholine rings is 1. The van der Waals surface area contributed by atoms with E-state index in [-0.39, 0.29) is 12.0 Å². The van der Waals surface area contributed by atoms with E-state index in [0.29, 0.717) is 31.1 Å². The van der Waals surface area contributed by atoms with Crippen LogP contribution in [0.2, 0.25) is 0 Å². The van der Waals surface area contributed by atoms with Crippen LogP contribution >= 0.6 is 0 Å². The van der Waals surface area contributed by atoms with Gasteiger partial charge in [0.15, 0.2) is 5.82 Å². The lowest BCUT2D eigenvalue weighted by Gasteiger charge is -2.32. The lowest BCUT2D eigenvalue weighted by atomic mass is 9.98. The summed E-state index contributed by atoms with van der Waals surface area (Å²) < 4.78 is 12.7. The molecule has 1 aliphatic heterocycles. The number of hydrogen-bond acceptors (Lipinski definition) is 7. The highest BCUT2D eigenvalue weighted by molar-refractivity contribution is 5.99. The molecular formula is C22H22N6O3. The molecule has 1 unspecified atom stereocenters. The summed E-state index contributed by atoms with van der Waals surface area (Å²) in [7, 11) is 1.76. The Bertz CT molecular complexity index is 1260. The monoisotopic (exact) mass is 418 g/mol. The zero-order chi connectivity index (χ0) is 21.5. The molecule has 1 aliphatic rings. The van der Waals surface area contributed by atoms with Crippen molar-refractivity contribution in [2.45, 2.75) is 20.0 Å². The Morgan fingerprint density at radius 1 is 1.13 bits per heavy atom. The van der Waals surface area contributed by atoms with Crippen LogP contribution in [-0.4, -0.2) is 55.9 Å². The van der Waals surface area contributed by atoms with Crippen LogP contribution in [0.5, 0.6) is 0 Å². The summed E-state index contributed by atoms with van der Waals surface area (Å²) in [5.41, 5.74) is 3.58. The molecule has 1 atom stereocenters. The van der Waals surface area contributed by atoms with E-state index in [2.05, 4.69) is 26.7 Å². The zero-order valence-corrected chi connectivity index (χ0v) is 17.6. The van der Waals surface area contributed by atoms with E-state index in [1.54, 1.807) is 16.6 Å². The zero-order valence-electron chi connectivity index (χ0n) is 17.6. The third-order valence-electron chi connectivity index (χ3n) is 5.70. The molecule has 9 nitrogen and oxygen atoms in total. The fourth-order valence-corrected chi connectivity index (χ4v) is 4.11. The van der Waals surface area contributed by atoms with Crippen LogP contribution in [0.25, 0.3) is 21.9 Å². The summed E-state index contributed by atoms with van der Waals surface area (Å²) in [6.07, 6.45) is -0.337. The van der Waals surface area contributed by atoms with Crippen molar-refractivity contribution in [3.8, 4) is 11.1 Å². The van der Waals surface area contributed by atoms with Gasteiger partial charge in [0.05, 0.1) is 18.8 Å². The molecule has 2 aromatic carbocycles. The first kappa shape index (κ1) is 19.4. The van der Waals surface area contributed by atoms with Crippen molar-refractivity contribution >= 4 is 16.7 Å². The second-order valence-corrected chi connectivity index (χ2v) is 7.75. The topological polar surface area (TPSA) is 99.2 Å². The maximum Gasteiger partial charge on any atom is 0.254 e. The van der Waals surface area contributed by atoms with Gasteiger partial charge in [-0.2, -0.15) is 0 Å². The molecule has 9 heteroatoms. The average molecular weight is 418 g/mol. The summed E-state index contributed by atoms with van der Waals surface area (Å²) in [5.74, 6) is 1.38. The first-order chi connectivity index (χ1) is 15.0. The van der Waals surface area contributed by atoms with Gasteiger partial charge in [0.2, 0.25) is 0 Å². The molecule has 4 aromatic rings. The van der Waals surface area contributed by atoms with Gasteiger partial charge in [0, 0.05) is 24.7 Å². The van der Waals surface area contributed by atoms with Crippen molar-refractivity contribution in [2.75, 3.05) is 19.7 Å². The second-order valence-electron chi connectivity index (χ2n) is 7.75. The number of aromatic nitrogens is 5. The van der Waals surface area contributed by atoms with Crippen LogP contribution in [0.3, 0.4) is 0 Å². The number of carbonyl (C=O) groups is 1. The van der Waals surface area contributed by atoms with Crippen molar-refractivity contribution < 1.29 is 14.1 Å². The van der Waals surface area contributed by atoms with Gasteiger partial charge in [0.1, 0.15) is 11.9 Å². The Labute approximate surface area is 178 Å². The molecule has 3 heterocycles. The molecule has 0 N–H and O–H groups in total. The van der Waals surface area contributed by atoms with Crippen LogP contribution in [0.15, 0.2) is 40.9 Å². The minimum absolute atomic E-state index is 0.0277. The third kappa shape index (κ3) is 3.46. The van der Waals surface area contributed by atoms with E-state index in [1.807, 2.05) is 44.2 Å². The Balaban J connectivity index is 1.40. The van der Waals surface area contributed by atoms with Crippen LogP contribution < -0.4 is 0 Å². The number of nitrogens with zero attached hydrogens (tertiary/aromatic N) is 6. The molecular weight excluding hydrogens is 396 g/mol. The van der Waals surface area contributed by atoms with Crippen LogP contribution in [0.1, 0.15) is 33.7 Å². The highest BCUT2D eigenvalue weighted by Crippen LogP contribution is 2.30. The molecule has 1 fully saturated rings. The van der Waals surface area contributed by atoms with Gasteiger partial charge in [-0.15, -0.1) is 5.10 Å². The summed E-state index contributed by atoms with van der Waals surface area (Å²) in [5, 5.41) is 17.6. The maximum absolute atomic E-state index is 13.2. The molecule has 5 rings (SSSR count).